The van der Waals surface area contributed by atoms with E-state index in [4.69, 9.17) is 23.2 Å². The Balaban J connectivity index is 2.63. The third kappa shape index (κ3) is 4.99. The summed E-state index contributed by atoms with van der Waals surface area (Å²) in [6, 6.07) is 2.75. The van der Waals surface area contributed by atoms with Crippen LogP contribution in [0.2, 0.25) is 10.0 Å². The molecule has 17 heavy (non-hydrogen) atoms. The summed E-state index contributed by atoms with van der Waals surface area (Å²) < 4.78 is 13.2. The van der Waals surface area contributed by atoms with Gasteiger partial charge in [-0.25, -0.2) is 4.39 Å². The molecule has 0 atom stereocenters. The van der Waals surface area contributed by atoms with Gasteiger partial charge < -0.3 is 0 Å². The van der Waals surface area contributed by atoms with Crippen molar-refractivity contribution in [2.45, 2.75) is 13.3 Å². The van der Waals surface area contributed by atoms with Crippen LogP contribution in [0.25, 0.3) is 0 Å². The highest BCUT2D eigenvalue weighted by Crippen LogP contribution is 2.25. The van der Waals surface area contributed by atoms with E-state index < -0.39 is 5.82 Å². The second-order valence-electron chi connectivity index (χ2n) is 3.15. The Bertz CT molecular complexity index is 468. The van der Waals surface area contributed by atoms with Crippen molar-refractivity contribution in [3.63, 3.8) is 0 Å². The van der Waals surface area contributed by atoms with Crippen molar-refractivity contribution in [2.75, 3.05) is 5.75 Å². The molecular formula is C12H9Cl2FOS. The van der Waals surface area contributed by atoms with E-state index in [-0.39, 0.29) is 15.2 Å². The fourth-order valence-corrected chi connectivity index (χ4v) is 1.85. The lowest BCUT2D eigenvalue weighted by molar-refractivity contribution is -0.109. The van der Waals surface area contributed by atoms with Crippen LogP contribution in [0.3, 0.4) is 0 Å². The molecule has 1 aromatic rings. The van der Waals surface area contributed by atoms with Gasteiger partial charge in [0.05, 0.1) is 10.0 Å². The van der Waals surface area contributed by atoms with Crippen LogP contribution in [0.4, 0.5) is 4.39 Å². The molecule has 0 radical (unpaired) electrons. The molecule has 0 heterocycles. The zero-order valence-corrected chi connectivity index (χ0v) is 11.3. The third-order valence-corrected chi connectivity index (χ3v) is 3.34. The van der Waals surface area contributed by atoms with E-state index in [1.807, 2.05) is 0 Å². The van der Waals surface area contributed by atoms with Crippen LogP contribution in [0.15, 0.2) is 12.1 Å². The van der Waals surface area contributed by atoms with Gasteiger partial charge in [0.2, 0.25) is 0 Å². The van der Waals surface area contributed by atoms with Gasteiger partial charge in [0.25, 0.3) is 0 Å². The van der Waals surface area contributed by atoms with Crippen molar-refractivity contribution in [1.82, 2.24) is 0 Å². The molecular weight excluding hydrogens is 282 g/mol. The number of halogens is 3. The van der Waals surface area contributed by atoms with Crippen molar-refractivity contribution in [1.29, 1.82) is 0 Å². The van der Waals surface area contributed by atoms with Crippen LogP contribution in [0.5, 0.6) is 0 Å². The van der Waals surface area contributed by atoms with E-state index in [9.17, 15) is 9.18 Å². The molecule has 0 aliphatic carbocycles. The highest BCUT2D eigenvalue weighted by molar-refractivity contribution is 8.13. The molecule has 0 aromatic heterocycles. The predicted octanol–water partition coefficient (Wildman–Crippen LogP) is 4.15. The molecule has 0 saturated heterocycles. The van der Waals surface area contributed by atoms with Crippen LogP contribution in [-0.4, -0.2) is 10.9 Å². The Labute approximate surface area is 114 Å². The first-order valence-electron chi connectivity index (χ1n) is 4.77. The van der Waals surface area contributed by atoms with E-state index in [0.717, 1.165) is 0 Å². The fraction of sp³-hybridized carbons (Fsp3) is 0.250. The number of thioether (sulfide) groups is 1. The van der Waals surface area contributed by atoms with Crippen LogP contribution < -0.4 is 0 Å². The predicted molar refractivity (Wildman–Crippen MR) is 71.1 cm³/mol. The molecule has 0 bridgehead atoms. The summed E-state index contributed by atoms with van der Waals surface area (Å²) >= 11 is 12.5. The maximum Gasteiger partial charge on any atom is 0.185 e. The average molecular weight is 291 g/mol. The van der Waals surface area contributed by atoms with Crippen LogP contribution in [-0.2, 0) is 4.79 Å². The molecule has 0 amide bonds. The maximum atomic E-state index is 13.2. The Hall–Kier alpha value is -0.690. The minimum Gasteiger partial charge on any atom is -0.288 e. The molecule has 90 valence electrons. The fourth-order valence-electron chi connectivity index (χ4n) is 1.04. The summed E-state index contributed by atoms with van der Waals surface area (Å²) in [6.07, 6.45) is 0.562. The van der Waals surface area contributed by atoms with E-state index in [1.165, 1.54) is 30.8 Å². The molecule has 0 N–H and O–H groups in total. The summed E-state index contributed by atoms with van der Waals surface area (Å²) in [5.74, 6) is 5.66. The first-order valence-corrected chi connectivity index (χ1v) is 6.51. The lowest BCUT2D eigenvalue weighted by Crippen LogP contribution is -1.85. The molecule has 1 nitrogen and oxygen atoms in total. The summed E-state index contributed by atoms with van der Waals surface area (Å²) in [5, 5.41) is 0.116. The third-order valence-electron chi connectivity index (χ3n) is 1.75. The van der Waals surface area contributed by atoms with Crippen LogP contribution >= 0.6 is 35.0 Å². The van der Waals surface area contributed by atoms with Gasteiger partial charge in [-0.05, 0) is 12.1 Å². The number of carbonyl (C=O) groups excluding carboxylic acids is 1. The number of carbonyl (C=O) groups is 1. The van der Waals surface area contributed by atoms with Gasteiger partial charge in [-0.2, -0.15) is 0 Å². The summed E-state index contributed by atoms with van der Waals surface area (Å²) in [7, 11) is 0. The minimum absolute atomic E-state index is 0.0624. The molecule has 1 rings (SSSR count). The molecule has 0 fully saturated rings. The molecule has 0 unspecified atom stereocenters. The summed E-state index contributed by atoms with van der Waals surface area (Å²) in [4.78, 5) is 10.6. The van der Waals surface area contributed by atoms with Crippen LogP contribution in [0.1, 0.15) is 18.9 Å². The van der Waals surface area contributed by atoms with Crippen molar-refractivity contribution in [3.05, 3.63) is 33.6 Å². The van der Waals surface area contributed by atoms with Gasteiger partial charge in [-0.1, -0.05) is 46.8 Å². The van der Waals surface area contributed by atoms with E-state index >= 15 is 0 Å². The van der Waals surface area contributed by atoms with Crippen molar-refractivity contribution >= 4 is 40.1 Å². The van der Waals surface area contributed by atoms with Gasteiger partial charge >= 0.3 is 0 Å². The minimum atomic E-state index is -0.582. The van der Waals surface area contributed by atoms with E-state index in [2.05, 4.69) is 11.8 Å². The molecule has 0 aliphatic heterocycles. The molecule has 0 saturated carbocycles. The second-order valence-corrected chi connectivity index (χ2v) is 5.20. The number of benzene rings is 1. The Morgan fingerprint density at radius 2 is 2.18 bits per heavy atom. The molecule has 0 spiro atoms. The van der Waals surface area contributed by atoms with E-state index in [1.54, 1.807) is 0 Å². The smallest absolute Gasteiger partial charge is 0.185 e. The van der Waals surface area contributed by atoms with Gasteiger partial charge in [-0.3, -0.25) is 4.79 Å². The van der Waals surface area contributed by atoms with Gasteiger partial charge in [-0.15, -0.1) is 0 Å². The Kier molecular flexibility index (Phi) is 5.84. The highest BCUT2D eigenvalue weighted by atomic mass is 35.5. The summed E-state index contributed by atoms with van der Waals surface area (Å²) in [6.45, 7) is 1.51. The number of hydrogen-bond donors (Lipinski definition) is 0. The topological polar surface area (TPSA) is 17.1 Å². The zero-order chi connectivity index (χ0) is 12.8. The van der Waals surface area contributed by atoms with Gasteiger partial charge in [0, 0.05) is 24.7 Å². The molecule has 0 aliphatic rings. The van der Waals surface area contributed by atoms with Crippen molar-refractivity contribution in [2.24, 2.45) is 0 Å². The maximum absolute atomic E-state index is 13.2. The molecule has 1 aromatic carbocycles. The second kappa shape index (κ2) is 6.90. The zero-order valence-electron chi connectivity index (χ0n) is 9.02. The standard InChI is InChI=1S/C12H9Cl2FOS/c1-8(16)17-5-3-2-4-9-6-10(13)12(14)11(15)7-9/h6-7H,3,5H2,1H3. The highest BCUT2D eigenvalue weighted by Gasteiger charge is 2.05. The van der Waals surface area contributed by atoms with Gasteiger partial charge in [0.1, 0.15) is 5.82 Å². The molecule has 5 heteroatoms. The quantitative estimate of drug-likeness (QED) is 0.462. The van der Waals surface area contributed by atoms with Gasteiger partial charge in [0.15, 0.2) is 5.12 Å². The number of hydrogen-bond acceptors (Lipinski definition) is 2. The van der Waals surface area contributed by atoms with Crippen LogP contribution in [0, 0.1) is 17.7 Å². The summed E-state index contributed by atoms with van der Waals surface area (Å²) in [5.41, 5.74) is 0.477. The number of rotatable bonds is 2. The lowest BCUT2D eigenvalue weighted by Gasteiger charge is -1.98. The SMILES string of the molecule is CC(=O)SCCC#Cc1cc(F)c(Cl)c(Cl)c1. The Morgan fingerprint density at radius 3 is 2.76 bits per heavy atom. The monoisotopic (exact) mass is 290 g/mol. The van der Waals surface area contributed by atoms with Crippen molar-refractivity contribution in [3.8, 4) is 11.8 Å². The first kappa shape index (κ1) is 14.4. The lowest BCUT2D eigenvalue weighted by atomic mass is 10.2. The largest absolute Gasteiger partial charge is 0.288 e. The van der Waals surface area contributed by atoms with Crippen molar-refractivity contribution < 1.29 is 9.18 Å². The average Bonchev–Trinajstić information content (AvgIpc) is 2.25. The Morgan fingerprint density at radius 1 is 1.47 bits per heavy atom. The normalized spacial score (nSPS) is 9.65. The van der Waals surface area contributed by atoms with E-state index in [0.29, 0.717) is 17.7 Å². The first-order chi connectivity index (χ1) is 8.00.